The maximum absolute atomic E-state index is 11.2. The molecule has 0 aromatic carbocycles. The van der Waals surface area contributed by atoms with E-state index in [9.17, 15) is 9.90 Å². The molecule has 1 N–H and O–H groups in total. The van der Waals surface area contributed by atoms with E-state index >= 15 is 0 Å². The average molecular weight is 239 g/mol. The predicted molar refractivity (Wildman–Crippen MR) is 68.0 cm³/mol. The Kier molecular flexibility index (Phi) is 4.08. The fraction of sp³-hybridized carbons (Fsp3) is 0.929. The molecule has 1 aliphatic heterocycles. The van der Waals surface area contributed by atoms with Gasteiger partial charge in [-0.1, -0.05) is 26.2 Å². The van der Waals surface area contributed by atoms with Crippen molar-refractivity contribution in [2.45, 2.75) is 64.3 Å². The molecular weight excluding hydrogens is 214 g/mol. The minimum Gasteiger partial charge on any atom is -0.480 e. The Labute approximate surface area is 104 Å². The fourth-order valence-corrected chi connectivity index (χ4v) is 3.70. The van der Waals surface area contributed by atoms with Crippen molar-refractivity contribution in [3.8, 4) is 0 Å². The highest BCUT2D eigenvalue weighted by Gasteiger charge is 2.37. The van der Waals surface area contributed by atoms with Crippen LogP contribution in [0.25, 0.3) is 0 Å². The minimum absolute atomic E-state index is 0.254. The quantitative estimate of drug-likeness (QED) is 0.823. The molecule has 2 rings (SSSR count). The van der Waals surface area contributed by atoms with E-state index in [2.05, 4.69) is 4.90 Å². The van der Waals surface area contributed by atoms with Gasteiger partial charge in [0.1, 0.15) is 6.04 Å². The maximum atomic E-state index is 11.2. The summed E-state index contributed by atoms with van der Waals surface area (Å²) in [5, 5.41) is 9.19. The lowest BCUT2D eigenvalue weighted by atomic mass is 9.68. The van der Waals surface area contributed by atoms with E-state index in [1.54, 1.807) is 0 Å². The van der Waals surface area contributed by atoms with E-state index in [4.69, 9.17) is 0 Å². The molecule has 98 valence electrons. The van der Waals surface area contributed by atoms with Gasteiger partial charge in [-0.2, -0.15) is 0 Å². The molecule has 0 aromatic heterocycles. The van der Waals surface area contributed by atoms with Crippen molar-refractivity contribution >= 4 is 5.97 Å². The van der Waals surface area contributed by atoms with Crippen LogP contribution in [0.15, 0.2) is 0 Å². The lowest BCUT2D eigenvalue weighted by Crippen LogP contribution is -2.48. The molecule has 3 heteroatoms. The van der Waals surface area contributed by atoms with Gasteiger partial charge in [-0.05, 0) is 50.6 Å². The van der Waals surface area contributed by atoms with Gasteiger partial charge in [0.15, 0.2) is 0 Å². The summed E-state index contributed by atoms with van der Waals surface area (Å²) in [5.41, 5.74) is 0.575. The number of hydrogen-bond acceptors (Lipinski definition) is 2. The molecule has 1 heterocycles. The van der Waals surface area contributed by atoms with Crippen LogP contribution in [-0.2, 0) is 4.79 Å². The zero-order valence-corrected chi connectivity index (χ0v) is 11.0. The third-order valence-electron chi connectivity index (χ3n) is 4.89. The first kappa shape index (κ1) is 12.9. The number of carboxylic acid groups (broad SMARTS) is 1. The van der Waals surface area contributed by atoms with Crippen LogP contribution in [0.4, 0.5) is 0 Å². The molecule has 3 nitrogen and oxygen atoms in total. The second-order valence-electron chi connectivity index (χ2n) is 5.86. The molecule has 0 bridgehead atoms. The predicted octanol–water partition coefficient (Wildman–Crippen LogP) is 2.90. The summed E-state index contributed by atoms with van der Waals surface area (Å²) >= 11 is 0. The number of carboxylic acids is 1. The Bertz CT molecular complexity index is 261. The van der Waals surface area contributed by atoms with E-state index in [1.807, 2.05) is 6.92 Å². The molecule has 1 unspecified atom stereocenters. The maximum Gasteiger partial charge on any atom is 0.320 e. The summed E-state index contributed by atoms with van der Waals surface area (Å²) in [5.74, 6) is -0.646. The van der Waals surface area contributed by atoms with Crippen molar-refractivity contribution in [3.05, 3.63) is 0 Å². The largest absolute Gasteiger partial charge is 0.480 e. The number of nitrogens with zero attached hydrogens (tertiary/aromatic N) is 1. The number of aliphatic carboxylic acids is 1. The second-order valence-corrected chi connectivity index (χ2v) is 5.86. The van der Waals surface area contributed by atoms with Crippen molar-refractivity contribution in [2.24, 2.45) is 5.41 Å². The van der Waals surface area contributed by atoms with Gasteiger partial charge in [0.25, 0.3) is 0 Å². The first-order chi connectivity index (χ1) is 8.17. The number of hydrogen-bond donors (Lipinski definition) is 1. The smallest absolute Gasteiger partial charge is 0.320 e. The highest BCUT2D eigenvalue weighted by Crippen LogP contribution is 2.44. The van der Waals surface area contributed by atoms with Crippen molar-refractivity contribution in [1.82, 2.24) is 4.90 Å². The summed E-state index contributed by atoms with van der Waals surface area (Å²) in [4.78, 5) is 13.3. The zero-order chi connectivity index (χ0) is 12.3. The first-order valence-electron chi connectivity index (χ1n) is 7.14. The van der Waals surface area contributed by atoms with Gasteiger partial charge in [-0.25, -0.2) is 0 Å². The van der Waals surface area contributed by atoms with E-state index in [0.717, 1.165) is 19.5 Å². The third-order valence-corrected chi connectivity index (χ3v) is 4.89. The zero-order valence-electron chi connectivity index (χ0n) is 11.0. The number of rotatable bonds is 3. The molecule has 1 atom stereocenters. The molecule has 2 fully saturated rings. The number of likely N-dealkylation sites (tertiary alicyclic amines) is 1. The van der Waals surface area contributed by atoms with Crippen LogP contribution in [0, 0.1) is 5.41 Å². The molecule has 17 heavy (non-hydrogen) atoms. The van der Waals surface area contributed by atoms with Gasteiger partial charge in [-0.3, -0.25) is 9.69 Å². The molecule has 1 saturated heterocycles. The van der Waals surface area contributed by atoms with Gasteiger partial charge in [0.2, 0.25) is 0 Å². The van der Waals surface area contributed by atoms with E-state index in [0.29, 0.717) is 5.41 Å². The van der Waals surface area contributed by atoms with Crippen LogP contribution in [0.1, 0.15) is 58.3 Å². The van der Waals surface area contributed by atoms with Crippen LogP contribution < -0.4 is 0 Å². The Morgan fingerprint density at radius 3 is 2.24 bits per heavy atom. The number of piperidine rings is 1. The summed E-state index contributed by atoms with van der Waals surface area (Å²) in [7, 11) is 0. The molecule has 0 radical (unpaired) electrons. The Hall–Kier alpha value is -0.570. The number of carbonyl (C=O) groups is 1. The molecule has 1 aliphatic carbocycles. The molecule has 1 spiro atoms. The molecule has 2 aliphatic rings. The van der Waals surface area contributed by atoms with Crippen molar-refractivity contribution in [1.29, 1.82) is 0 Å². The van der Waals surface area contributed by atoms with Gasteiger partial charge in [0.05, 0.1) is 0 Å². The molecule has 1 saturated carbocycles. The van der Waals surface area contributed by atoms with Crippen molar-refractivity contribution < 1.29 is 9.90 Å². The Morgan fingerprint density at radius 1 is 1.18 bits per heavy atom. The molecular formula is C14H25NO2. The second kappa shape index (κ2) is 5.38. The summed E-state index contributed by atoms with van der Waals surface area (Å²) in [6, 6.07) is -0.254. The van der Waals surface area contributed by atoms with Crippen LogP contribution >= 0.6 is 0 Å². The molecule has 0 aromatic rings. The van der Waals surface area contributed by atoms with E-state index < -0.39 is 5.97 Å². The minimum atomic E-state index is -0.646. The monoisotopic (exact) mass is 239 g/mol. The van der Waals surface area contributed by atoms with Crippen LogP contribution in [0.2, 0.25) is 0 Å². The van der Waals surface area contributed by atoms with Crippen molar-refractivity contribution in [3.63, 3.8) is 0 Å². The van der Waals surface area contributed by atoms with Gasteiger partial charge < -0.3 is 5.11 Å². The van der Waals surface area contributed by atoms with Crippen molar-refractivity contribution in [2.75, 3.05) is 13.1 Å². The molecule has 0 amide bonds. The highest BCUT2D eigenvalue weighted by atomic mass is 16.4. The lowest BCUT2D eigenvalue weighted by Gasteiger charge is -2.45. The summed E-state index contributed by atoms with van der Waals surface area (Å²) in [6.07, 6.45) is 10.1. The van der Waals surface area contributed by atoms with Gasteiger partial charge in [-0.15, -0.1) is 0 Å². The van der Waals surface area contributed by atoms with Crippen LogP contribution in [0.3, 0.4) is 0 Å². The van der Waals surface area contributed by atoms with Crippen LogP contribution in [0.5, 0.6) is 0 Å². The van der Waals surface area contributed by atoms with Gasteiger partial charge in [0, 0.05) is 0 Å². The average Bonchev–Trinajstić information content (AvgIpc) is 2.33. The standard InChI is InChI=1S/C14H25NO2/c1-2-12(13(16)17)15-10-8-14(9-11-15)6-4-3-5-7-14/h12H,2-11H2,1H3,(H,16,17). The lowest BCUT2D eigenvalue weighted by molar-refractivity contribution is -0.144. The summed E-state index contributed by atoms with van der Waals surface area (Å²) < 4.78 is 0. The SMILES string of the molecule is CCC(C(=O)O)N1CCC2(CCCCC2)CC1. The van der Waals surface area contributed by atoms with E-state index in [-0.39, 0.29) is 6.04 Å². The van der Waals surface area contributed by atoms with Gasteiger partial charge >= 0.3 is 5.97 Å². The van der Waals surface area contributed by atoms with Crippen LogP contribution in [-0.4, -0.2) is 35.1 Å². The third kappa shape index (κ3) is 2.82. The normalized spacial score (nSPS) is 26.9. The first-order valence-corrected chi connectivity index (χ1v) is 7.14. The highest BCUT2D eigenvalue weighted by molar-refractivity contribution is 5.73. The Morgan fingerprint density at radius 2 is 1.76 bits per heavy atom. The van der Waals surface area contributed by atoms with E-state index in [1.165, 1.54) is 44.9 Å². The topological polar surface area (TPSA) is 40.5 Å². The summed E-state index contributed by atoms with van der Waals surface area (Å²) in [6.45, 7) is 3.96. The fourth-order valence-electron chi connectivity index (χ4n) is 3.70. The Balaban J connectivity index is 1.90.